The number of hydrogen-bond acceptors (Lipinski definition) is 1. The van der Waals surface area contributed by atoms with Gasteiger partial charge in [-0.2, -0.15) is 11.1 Å². The van der Waals surface area contributed by atoms with Crippen molar-refractivity contribution in [3.8, 4) is 0 Å². The maximum atomic E-state index is 6.47. The SMILES string of the molecule is CCN(CC)CCCC[SiH](Cl)C(C)(C)C. The lowest BCUT2D eigenvalue weighted by Crippen LogP contribution is -2.24. The Kier molecular flexibility index (Phi) is 7.93. The molecule has 0 spiro atoms. The van der Waals surface area contributed by atoms with Gasteiger partial charge in [0.05, 0.1) is 0 Å². The molecule has 1 unspecified atom stereocenters. The molecule has 1 atom stereocenters. The van der Waals surface area contributed by atoms with Crippen LogP contribution in [0.2, 0.25) is 11.1 Å². The minimum Gasteiger partial charge on any atom is -0.304 e. The summed E-state index contributed by atoms with van der Waals surface area (Å²) in [5, 5.41) is 0.386. The minimum atomic E-state index is -1.02. The zero-order valence-electron chi connectivity index (χ0n) is 11.1. The van der Waals surface area contributed by atoms with Gasteiger partial charge in [-0.1, -0.05) is 41.0 Å². The van der Waals surface area contributed by atoms with Crippen molar-refractivity contribution < 1.29 is 0 Å². The van der Waals surface area contributed by atoms with Crippen molar-refractivity contribution in [3.05, 3.63) is 0 Å². The molecule has 0 radical (unpaired) electrons. The Morgan fingerprint density at radius 1 is 1.07 bits per heavy atom. The van der Waals surface area contributed by atoms with Gasteiger partial charge in [-0.15, -0.1) is 0 Å². The molecule has 0 saturated heterocycles. The van der Waals surface area contributed by atoms with Crippen LogP contribution >= 0.6 is 11.1 Å². The molecule has 15 heavy (non-hydrogen) atoms. The Morgan fingerprint density at radius 2 is 1.60 bits per heavy atom. The van der Waals surface area contributed by atoms with E-state index < -0.39 is 8.11 Å². The third-order valence-corrected chi connectivity index (χ3v) is 8.43. The summed E-state index contributed by atoms with van der Waals surface area (Å²) in [6, 6.07) is 1.28. The number of halogens is 1. The molecule has 0 rings (SSSR count). The molecule has 0 aromatic rings. The summed E-state index contributed by atoms with van der Waals surface area (Å²) in [6.45, 7) is 14.9. The van der Waals surface area contributed by atoms with E-state index in [0.29, 0.717) is 5.04 Å². The Labute approximate surface area is 102 Å². The third kappa shape index (κ3) is 7.37. The largest absolute Gasteiger partial charge is 0.304 e. The van der Waals surface area contributed by atoms with Gasteiger partial charge in [0.1, 0.15) is 8.11 Å². The lowest BCUT2D eigenvalue weighted by Gasteiger charge is -2.24. The molecule has 0 N–H and O–H groups in total. The molecule has 0 aliphatic heterocycles. The Bertz CT molecular complexity index is 152. The zero-order valence-corrected chi connectivity index (χ0v) is 13.1. The van der Waals surface area contributed by atoms with Crippen molar-refractivity contribution in [1.82, 2.24) is 4.90 Å². The monoisotopic (exact) mass is 249 g/mol. The summed E-state index contributed by atoms with van der Waals surface area (Å²) >= 11 is 6.47. The van der Waals surface area contributed by atoms with E-state index in [1.807, 2.05) is 0 Å². The highest BCUT2D eigenvalue weighted by molar-refractivity contribution is 7.08. The van der Waals surface area contributed by atoms with Crippen LogP contribution in [0.15, 0.2) is 0 Å². The molecule has 1 nitrogen and oxygen atoms in total. The van der Waals surface area contributed by atoms with Gasteiger partial charge in [-0.3, -0.25) is 0 Å². The fraction of sp³-hybridized carbons (Fsp3) is 1.00. The first-order chi connectivity index (χ1) is 6.91. The van der Waals surface area contributed by atoms with Crippen LogP contribution in [0.25, 0.3) is 0 Å². The highest BCUT2D eigenvalue weighted by Gasteiger charge is 2.23. The number of nitrogens with zero attached hydrogens (tertiary/aromatic N) is 1. The molecule has 0 aliphatic rings. The first kappa shape index (κ1) is 15.5. The first-order valence-electron chi connectivity index (χ1n) is 6.28. The van der Waals surface area contributed by atoms with E-state index in [0.717, 1.165) is 0 Å². The highest BCUT2D eigenvalue weighted by atomic mass is 35.6. The summed E-state index contributed by atoms with van der Waals surface area (Å²) in [5.74, 6) is 0. The van der Waals surface area contributed by atoms with E-state index in [4.69, 9.17) is 11.1 Å². The highest BCUT2D eigenvalue weighted by Crippen LogP contribution is 2.32. The van der Waals surface area contributed by atoms with Gasteiger partial charge >= 0.3 is 0 Å². The molecule has 0 saturated carbocycles. The van der Waals surface area contributed by atoms with Crippen molar-refractivity contribution in [2.24, 2.45) is 0 Å². The minimum absolute atomic E-state index is 0.386. The van der Waals surface area contributed by atoms with E-state index in [2.05, 4.69) is 39.5 Å². The van der Waals surface area contributed by atoms with Crippen LogP contribution in [0.4, 0.5) is 0 Å². The Balaban J connectivity index is 3.54. The van der Waals surface area contributed by atoms with Crippen molar-refractivity contribution in [3.63, 3.8) is 0 Å². The fourth-order valence-electron chi connectivity index (χ4n) is 1.63. The summed E-state index contributed by atoms with van der Waals surface area (Å²) in [6.07, 6.45) is 2.63. The second kappa shape index (κ2) is 7.69. The topological polar surface area (TPSA) is 3.24 Å². The van der Waals surface area contributed by atoms with Crippen molar-refractivity contribution in [2.45, 2.75) is 58.5 Å². The molecule has 3 heteroatoms. The average Bonchev–Trinajstić information content (AvgIpc) is 2.16. The van der Waals surface area contributed by atoms with E-state index in [1.54, 1.807) is 0 Å². The maximum Gasteiger partial charge on any atom is 0.146 e. The van der Waals surface area contributed by atoms with E-state index in [1.165, 1.54) is 38.5 Å². The lowest BCUT2D eigenvalue weighted by atomic mass is 10.2. The standard InChI is InChI=1S/C12H28ClNSi/c1-6-14(7-2)10-8-9-11-15(13)12(3,4)5/h15H,6-11H2,1-5H3. The molecule has 0 aliphatic carbocycles. The van der Waals surface area contributed by atoms with Crippen molar-refractivity contribution in [2.75, 3.05) is 19.6 Å². The van der Waals surface area contributed by atoms with Crippen molar-refractivity contribution >= 4 is 19.2 Å². The van der Waals surface area contributed by atoms with Crippen LogP contribution in [0.5, 0.6) is 0 Å². The Morgan fingerprint density at radius 3 is 2.00 bits per heavy atom. The zero-order chi connectivity index (χ0) is 11.9. The van der Waals surface area contributed by atoms with Crippen molar-refractivity contribution in [1.29, 1.82) is 0 Å². The maximum absolute atomic E-state index is 6.47. The number of rotatable bonds is 7. The van der Waals surface area contributed by atoms with Crippen LogP contribution in [0, 0.1) is 0 Å². The quantitative estimate of drug-likeness (QED) is 0.376. The van der Waals surface area contributed by atoms with Crippen LogP contribution < -0.4 is 0 Å². The summed E-state index contributed by atoms with van der Waals surface area (Å²) in [7, 11) is -1.02. The summed E-state index contributed by atoms with van der Waals surface area (Å²) in [5.41, 5.74) is 0. The second-order valence-corrected chi connectivity index (χ2v) is 10.2. The van der Waals surface area contributed by atoms with Gasteiger partial charge in [-0.05, 0) is 37.1 Å². The molecule has 92 valence electrons. The van der Waals surface area contributed by atoms with Crippen LogP contribution in [-0.4, -0.2) is 32.6 Å². The second-order valence-electron chi connectivity index (χ2n) is 5.36. The van der Waals surface area contributed by atoms with Gasteiger partial charge in [-0.25, -0.2) is 0 Å². The predicted octanol–water partition coefficient (Wildman–Crippen LogP) is 3.87. The predicted molar refractivity (Wildman–Crippen MR) is 74.5 cm³/mol. The summed E-state index contributed by atoms with van der Waals surface area (Å²) in [4.78, 5) is 2.49. The normalized spacial score (nSPS) is 14.6. The van der Waals surface area contributed by atoms with Gasteiger partial charge in [0.15, 0.2) is 0 Å². The molecule has 0 amide bonds. The van der Waals surface area contributed by atoms with E-state index >= 15 is 0 Å². The van der Waals surface area contributed by atoms with Gasteiger partial charge in [0.2, 0.25) is 0 Å². The van der Waals surface area contributed by atoms with Gasteiger partial charge in [0, 0.05) is 0 Å². The van der Waals surface area contributed by atoms with Crippen LogP contribution in [-0.2, 0) is 0 Å². The average molecular weight is 250 g/mol. The molecule has 0 heterocycles. The fourth-order valence-corrected chi connectivity index (χ4v) is 3.61. The van der Waals surface area contributed by atoms with Gasteiger partial charge < -0.3 is 4.90 Å². The number of unbranched alkanes of at least 4 members (excludes halogenated alkanes) is 1. The molecular formula is C12H28ClNSi. The van der Waals surface area contributed by atoms with Crippen LogP contribution in [0.1, 0.15) is 47.5 Å². The molecule has 0 aromatic carbocycles. The van der Waals surface area contributed by atoms with Gasteiger partial charge in [0.25, 0.3) is 0 Å². The molecular weight excluding hydrogens is 222 g/mol. The van der Waals surface area contributed by atoms with E-state index in [-0.39, 0.29) is 0 Å². The molecule has 0 fully saturated rings. The van der Waals surface area contributed by atoms with Crippen LogP contribution in [0.3, 0.4) is 0 Å². The van der Waals surface area contributed by atoms with E-state index in [9.17, 15) is 0 Å². The smallest absolute Gasteiger partial charge is 0.146 e. The summed E-state index contributed by atoms with van der Waals surface area (Å²) < 4.78 is 0. The molecule has 0 aromatic heterocycles. The Hall–Kier alpha value is 0.467. The first-order valence-corrected chi connectivity index (χ1v) is 9.42. The molecule has 0 bridgehead atoms. The third-order valence-electron chi connectivity index (χ3n) is 3.02. The number of hydrogen-bond donors (Lipinski definition) is 0. The lowest BCUT2D eigenvalue weighted by molar-refractivity contribution is 0.298.